The molecular formula is C13H17FN2O2. The number of nitro benzene ring substituents is 1. The molecule has 1 aliphatic rings. The van der Waals surface area contributed by atoms with Crippen molar-refractivity contribution < 1.29 is 9.31 Å². The van der Waals surface area contributed by atoms with Gasteiger partial charge in [0, 0.05) is 24.3 Å². The van der Waals surface area contributed by atoms with Crippen LogP contribution in [0.4, 0.5) is 15.8 Å². The van der Waals surface area contributed by atoms with E-state index in [2.05, 4.69) is 11.8 Å². The maximum absolute atomic E-state index is 13.4. The topological polar surface area (TPSA) is 46.4 Å². The van der Waals surface area contributed by atoms with Crippen molar-refractivity contribution in [2.24, 2.45) is 0 Å². The van der Waals surface area contributed by atoms with Crippen LogP contribution in [0.15, 0.2) is 18.2 Å². The van der Waals surface area contributed by atoms with Gasteiger partial charge < -0.3 is 4.90 Å². The summed E-state index contributed by atoms with van der Waals surface area (Å²) in [6, 6.07) is 4.25. The lowest BCUT2D eigenvalue weighted by molar-refractivity contribution is -0.385. The van der Waals surface area contributed by atoms with E-state index in [-0.39, 0.29) is 5.69 Å². The maximum Gasteiger partial charge on any atom is 0.274 e. The van der Waals surface area contributed by atoms with E-state index >= 15 is 0 Å². The zero-order chi connectivity index (χ0) is 13.1. The van der Waals surface area contributed by atoms with Crippen LogP contribution >= 0.6 is 0 Å². The van der Waals surface area contributed by atoms with Crippen LogP contribution in [-0.2, 0) is 0 Å². The lowest BCUT2D eigenvalue weighted by atomic mass is 10.2. The second kappa shape index (κ2) is 5.33. The number of nitrogens with zero attached hydrogens (tertiary/aromatic N) is 2. The van der Waals surface area contributed by atoms with Gasteiger partial charge in [0.2, 0.25) is 0 Å². The van der Waals surface area contributed by atoms with Gasteiger partial charge in [-0.2, -0.15) is 0 Å². The van der Waals surface area contributed by atoms with Crippen molar-refractivity contribution in [1.29, 1.82) is 0 Å². The largest absolute Gasteiger partial charge is 0.368 e. The zero-order valence-corrected chi connectivity index (χ0v) is 10.4. The Kier molecular flexibility index (Phi) is 3.79. The highest BCUT2D eigenvalue weighted by Gasteiger charge is 2.29. The van der Waals surface area contributed by atoms with Crippen LogP contribution in [0.1, 0.15) is 32.6 Å². The third-order valence-electron chi connectivity index (χ3n) is 3.15. The van der Waals surface area contributed by atoms with Crippen molar-refractivity contribution >= 4 is 11.4 Å². The lowest BCUT2D eigenvalue weighted by Crippen LogP contribution is -2.26. The Morgan fingerprint density at radius 1 is 1.44 bits per heavy atom. The van der Waals surface area contributed by atoms with Crippen LogP contribution in [0.3, 0.4) is 0 Å². The minimum Gasteiger partial charge on any atom is -0.368 e. The second-order valence-corrected chi connectivity index (χ2v) is 4.70. The number of hydrogen-bond acceptors (Lipinski definition) is 3. The van der Waals surface area contributed by atoms with Gasteiger partial charge in [-0.25, -0.2) is 4.39 Å². The van der Waals surface area contributed by atoms with E-state index in [0.29, 0.717) is 11.7 Å². The third kappa shape index (κ3) is 2.97. The Morgan fingerprint density at radius 2 is 2.17 bits per heavy atom. The quantitative estimate of drug-likeness (QED) is 0.575. The number of rotatable bonds is 6. The molecule has 1 aromatic carbocycles. The number of nitro groups is 1. The molecule has 0 aliphatic heterocycles. The molecule has 1 aliphatic carbocycles. The van der Waals surface area contributed by atoms with Crippen LogP contribution in [0, 0.1) is 15.9 Å². The normalized spacial score (nSPS) is 14.6. The number of halogens is 1. The van der Waals surface area contributed by atoms with Gasteiger partial charge >= 0.3 is 0 Å². The van der Waals surface area contributed by atoms with Crippen molar-refractivity contribution in [1.82, 2.24) is 0 Å². The number of non-ortho nitro benzene ring substituents is 1. The van der Waals surface area contributed by atoms with E-state index in [1.807, 2.05) is 0 Å². The number of benzene rings is 1. The molecule has 1 aromatic rings. The van der Waals surface area contributed by atoms with Gasteiger partial charge in [-0.05, 0) is 25.3 Å². The average molecular weight is 252 g/mol. The van der Waals surface area contributed by atoms with E-state index in [0.717, 1.165) is 38.3 Å². The predicted molar refractivity (Wildman–Crippen MR) is 68.3 cm³/mol. The minimum atomic E-state index is -0.544. The van der Waals surface area contributed by atoms with Gasteiger partial charge in [0.1, 0.15) is 5.82 Å². The van der Waals surface area contributed by atoms with Crippen molar-refractivity contribution in [3.8, 4) is 0 Å². The van der Waals surface area contributed by atoms with Gasteiger partial charge in [0.05, 0.1) is 11.0 Å². The van der Waals surface area contributed by atoms with Crippen LogP contribution < -0.4 is 4.90 Å². The molecule has 4 nitrogen and oxygen atoms in total. The van der Waals surface area contributed by atoms with Gasteiger partial charge in [-0.1, -0.05) is 13.3 Å². The van der Waals surface area contributed by atoms with E-state index in [1.54, 1.807) is 0 Å². The van der Waals surface area contributed by atoms with Crippen LogP contribution in [-0.4, -0.2) is 17.5 Å². The average Bonchev–Trinajstić information content (AvgIpc) is 3.13. The van der Waals surface area contributed by atoms with Crippen LogP contribution in [0.5, 0.6) is 0 Å². The van der Waals surface area contributed by atoms with Crippen molar-refractivity contribution in [3.63, 3.8) is 0 Å². The summed E-state index contributed by atoms with van der Waals surface area (Å²) in [7, 11) is 0. The van der Waals surface area contributed by atoms with E-state index in [1.165, 1.54) is 12.1 Å². The van der Waals surface area contributed by atoms with Crippen LogP contribution in [0.2, 0.25) is 0 Å². The lowest BCUT2D eigenvalue weighted by Gasteiger charge is -2.24. The van der Waals surface area contributed by atoms with Crippen molar-refractivity contribution in [2.45, 2.75) is 38.6 Å². The second-order valence-electron chi connectivity index (χ2n) is 4.70. The Hall–Kier alpha value is -1.65. The molecule has 0 radical (unpaired) electrons. The Balaban J connectivity index is 2.25. The van der Waals surface area contributed by atoms with Crippen molar-refractivity contribution in [2.75, 3.05) is 11.4 Å². The first-order chi connectivity index (χ1) is 8.61. The first-order valence-electron chi connectivity index (χ1n) is 6.33. The number of hydrogen-bond donors (Lipinski definition) is 0. The Morgan fingerprint density at radius 3 is 2.72 bits per heavy atom. The molecule has 5 heteroatoms. The summed E-state index contributed by atoms with van der Waals surface area (Å²) in [6.07, 6.45) is 4.25. The van der Waals surface area contributed by atoms with Gasteiger partial charge in [-0.15, -0.1) is 0 Å². The standard InChI is InChI=1S/C13H17FN2O2/c1-2-3-6-15(11-4-5-11)12-7-10(14)8-13(9-12)16(17)18/h7-9,11H,2-6H2,1H3. The fraction of sp³-hybridized carbons (Fsp3) is 0.538. The van der Waals surface area contributed by atoms with E-state index < -0.39 is 10.7 Å². The molecule has 1 fully saturated rings. The molecular weight excluding hydrogens is 235 g/mol. The molecule has 2 rings (SSSR count). The van der Waals surface area contributed by atoms with Gasteiger partial charge in [0.25, 0.3) is 5.69 Å². The van der Waals surface area contributed by atoms with E-state index in [9.17, 15) is 14.5 Å². The summed E-state index contributed by atoms with van der Waals surface area (Å²) in [4.78, 5) is 12.3. The molecule has 0 atom stereocenters. The summed E-state index contributed by atoms with van der Waals surface area (Å²) in [5.41, 5.74) is 0.463. The summed E-state index contributed by atoms with van der Waals surface area (Å²) < 4.78 is 13.4. The highest BCUT2D eigenvalue weighted by atomic mass is 19.1. The molecule has 0 saturated heterocycles. The fourth-order valence-electron chi connectivity index (χ4n) is 2.07. The summed E-state index contributed by atoms with van der Waals surface area (Å²) in [5, 5.41) is 10.7. The van der Waals surface area contributed by atoms with Gasteiger partial charge in [0.15, 0.2) is 0 Å². The Labute approximate surface area is 106 Å². The molecule has 0 bridgehead atoms. The summed E-state index contributed by atoms with van der Waals surface area (Å²) in [6.45, 7) is 2.93. The monoisotopic (exact) mass is 252 g/mol. The molecule has 0 amide bonds. The maximum atomic E-state index is 13.4. The SMILES string of the molecule is CCCCN(c1cc(F)cc([N+](=O)[O-])c1)C1CC1. The third-order valence-corrected chi connectivity index (χ3v) is 3.15. The minimum absolute atomic E-state index is 0.174. The smallest absolute Gasteiger partial charge is 0.274 e. The Bertz CT molecular complexity index is 447. The van der Waals surface area contributed by atoms with Crippen LogP contribution in [0.25, 0.3) is 0 Å². The summed E-state index contributed by atoms with van der Waals surface area (Å²) >= 11 is 0. The molecule has 1 saturated carbocycles. The molecule has 0 heterocycles. The molecule has 0 unspecified atom stereocenters. The predicted octanol–water partition coefficient (Wildman–Crippen LogP) is 3.50. The zero-order valence-electron chi connectivity index (χ0n) is 10.4. The molecule has 0 N–H and O–H groups in total. The highest BCUT2D eigenvalue weighted by Crippen LogP contribution is 2.34. The molecule has 18 heavy (non-hydrogen) atoms. The number of unbranched alkanes of at least 4 members (excludes halogenated alkanes) is 1. The van der Waals surface area contributed by atoms with E-state index in [4.69, 9.17) is 0 Å². The molecule has 98 valence electrons. The molecule has 0 spiro atoms. The number of anilines is 1. The van der Waals surface area contributed by atoms with Gasteiger partial charge in [-0.3, -0.25) is 10.1 Å². The first-order valence-corrected chi connectivity index (χ1v) is 6.33. The molecule has 0 aromatic heterocycles. The van der Waals surface area contributed by atoms with Crippen molar-refractivity contribution in [3.05, 3.63) is 34.1 Å². The fourth-order valence-corrected chi connectivity index (χ4v) is 2.07. The highest BCUT2D eigenvalue weighted by molar-refractivity contribution is 5.55. The summed E-state index contributed by atoms with van der Waals surface area (Å²) in [5.74, 6) is -0.540. The first kappa shape index (κ1) is 12.8.